The lowest BCUT2D eigenvalue weighted by atomic mass is 10.1. The summed E-state index contributed by atoms with van der Waals surface area (Å²) in [6.07, 6.45) is 0.692. The first-order chi connectivity index (χ1) is 8.63. The van der Waals surface area contributed by atoms with Crippen molar-refractivity contribution in [2.45, 2.75) is 13.3 Å². The maximum absolute atomic E-state index is 13.8. The highest BCUT2D eigenvalue weighted by Gasteiger charge is 2.10. The lowest BCUT2D eigenvalue weighted by Crippen LogP contribution is -2.01. The normalized spacial score (nSPS) is 10.4. The summed E-state index contributed by atoms with van der Waals surface area (Å²) in [5.74, 6) is 0.961. The number of nitrogens with zero attached hydrogens (tertiary/aromatic N) is 2. The zero-order valence-corrected chi connectivity index (χ0v) is 10.9. The van der Waals surface area contributed by atoms with Crippen LogP contribution in [0, 0.1) is 5.82 Å². The number of hydrogen-bond donors (Lipinski definition) is 1. The number of aromatic nitrogens is 2. The van der Waals surface area contributed by atoms with Crippen molar-refractivity contribution in [3.63, 3.8) is 0 Å². The highest BCUT2D eigenvalue weighted by molar-refractivity contribution is 6.30. The first kappa shape index (κ1) is 12.8. The Balaban J connectivity index is 2.55. The van der Waals surface area contributed by atoms with E-state index in [0.29, 0.717) is 34.3 Å². The highest BCUT2D eigenvalue weighted by Crippen LogP contribution is 2.25. The van der Waals surface area contributed by atoms with E-state index in [1.54, 1.807) is 25.2 Å². The summed E-state index contributed by atoms with van der Waals surface area (Å²) in [6.45, 7) is 1.96. The zero-order chi connectivity index (χ0) is 13.1. The molecule has 2 aromatic rings. The lowest BCUT2D eigenvalue weighted by Gasteiger charge is -2.08. The molecular formula is C13H13ClFN3. The molecule has 94 valence electrons. The van der Waals surface area contributed by atoms with Crippen molar-refractivity contribution in [1.29, 1.82) is 0 Å². The van der Waals surface area contributed by atoms with Gasteiger partial charge in [-0.25, -0.2) is 14.4 Å². The summed E-state index contributed by atoms with van der Waals surface area (Å²) in [5, 5.41) is 3.31. The average molecular weight is 266 g/mol. The summed E-state index contributed by atoms with van der Waals surface area (Å²) >= 11 is 5.74. The molecule has 5 heteroatoms. The molecule has 0 bridgehead atoms. The molecule has 2 rings (SSSR count). The van der Waals surface area contributed by atoms with Gasteiger partial charge in [0.05, 0.1) is 5.69 Å². The second-order valence-corrected chi connectivity index (χ2v) is 4.22. The molecule has 0 aliphatic heterocycles. The van der Waals surface area contributed by atoms with Crippen molar-refractivity contribution in [3.05, 3.63) is 40.9 Å². The summed E-state index contributed by atoms with van der Waals surface area (Å²) in [7, 11) is 1.77. The average Bonchev–Trinajstić information content (AvgIpc) is 2.38. The molecule has 1 aromatic heterocycles. The molecule has 0 amide bonds. The third-order valence-electron chi connectivity index (χ3n) is 2.55. The van der Waals surface area contributed by atoms with Gasteiger partial charge in [0.25, 0.3) is 0 Å². The molecule has 0 aliphatic carbocycles. The molecule has 0 aliphatic rings. The van der Waals surface area contributed by atoms with Gasteiger partial charge in [0.15, 0.2) is 0 Å². The van der Waals surface area contributed by atoms with Gasteiger partial charge in [-0.3, -0.25) is 0 Å². The summed E-state index contributed by atoms with van der Waals surface area (Å²) in [4.78, 5) is 8.60. The van der Waals surface area contributed by atoms with E-state index < -0.39 is 0 Å². The fourth-order valence-electron chi connectivity index (χ4n) is 1.62. The Morgan fingerprint density at radius 1 is 1.28 bits per heavy atom. The Hall–Kier alpha value is -1.68. The van der Waals surface area contributed by atoms with Crippen molar-refractivity contribution in [2.24, 2.45) is 0 Å². The van der Waals surface area contributed by atoms with Gasteiger partial charge in [-0.1, -0.05) is 18.5 Å². The Morgan fingerprint density at radius 3 is 2.67 bits per heavy atom. The third-order valence-corrected chi connectivity index (χ3v) is 2.79. The van der Waals surface area contributed by atoms with Crippen LogP contribution in [0.15, 0.2) is 24.3 Å². The maximum Gasteiger partial charge on any atom is 0.134 e. The molecule has 0 saturated heterocycles. The van der Waals surface area contributed by atoms with Crippen molar-refractivity contribution in [3.8, 4) is 11.3 Å². The monoisotopic (exact) mass is 265 g/mol. The summed E-state index contributed by atoms with van der Waals surface area (Å²) in [5.41, 5.74) is 0.980. The smallest absolute Gasteiger partial charge is 0.134 e. The predicted octanol–water partition coefficient (Wildman–Crippen LogP) is 3.54. The molecule has 0 spiro atoms. The molecule has 3 nitrogen and oxygen atoms in total. The van der Waals surface area contributed by atoms with Crippen LogP contribution < -0.4 is 5.32 Å². The Morgan fingerprint density at radius 2 is 2.06 bits per heavy atom. The molecule has 0 fully saturated rings. The van der Waals surface area contributed by atoms with Gasteiger partial charge in [-0.15, -0.1) is 0 Å². The van der Waals surface area contributed by atoms with Crippen LogP contribution in [0.3, 0.4) is 0 Å². The van der Waals surface area contributed by atoms with Crippen LogP contribution >= 0.6 is 11.6 Å². The number of benzene rings is 1. The fraction of sp³-hybridized carbons (Fsp3) is 0.231. The van der Waals surface area contributed by atoms with Crippen LogP contribution in [0.25, 0.3) is 11.3 Å². The van der Waals surface area contributed by atoms with E-state index in [0.717, 1.165) is 0 Å². The minimum atomic E-state index is -0.384. The number of nitrogens with one attached hydrogen (secondary N) is 1. The molecule has 1 heterocycles. The van der Waals surface area contributed by atoms with Gasteiger partial charge in [0, 0.05) is 30.1 Å². The molecule has 0 saturated carbocycles. The van der Waals surface area contributed by atoms with E-state index in [-0.39, 0.29) is 5.82 Å². The van der Waals surface area contributed by atoms with Gasteiger partial charge in [-0.05, 0) is 18.2 Å². The van der Waals surface area contributed by atoms with Crippen LogP contribution in [0.5, 0.6) is 0 Å². The SMILES string of the molecule is CCc1nc(NC)cc(-c2ccc(Cl)cc2F)n1. The van der Waals surface area contributed by atoms with Gasteiger partial charge in [-0.2, -0.15) is 0 Å². The van der Waals surface area contributed by atoms with E-state index in [2.05, 4.69) is 15.3 Å². The number of hydrogen-bond acceptors (Lipinski definition) is 3. The van der Waals surface area contributed by atoms with E-state index in [1.165, 1.54) is 6.07 Å². The minimum Gasteiger partial charge on any atom is -0.373 e. The predicted molar refractivity (Wildman–Crippen MR) is 71.4 cm³/mol. The van der Waals surface area contributed by atoms with Crippen LogP contribution in [0.1, 0.15) is 12.7 Å². The molecule has 18 heavy (non-hydrogen) atoms. The zero-order valence-electron chi connectivity index (χ0n) is 10.2. The minimum absolute atomic E-state index is 0.370. The third kappa shape index (κ3) is 2.59. The second-order valence-electron chi connectivity index (χ2n) is 3.78. The van der Waals surface area contributed by atoms with Crippen molar-refractivity contribution in [1.82, 2.24) is 9.97 Å². The van der Waals surface area contributed by atoms with Crippen LogP contribution in [0.2, 0.25) is 5.02 Å². The lowest BCUT2D eigenvalue weighted by molar-refractivity contribution is 0.630. The van der Waals surface area contributed by atoms with E-state index in [4.69, 9.17) is 11.6 Å². The molecule has 0 unspecified atom stereocenters. The van der Waals surface area contributed by atoms with Crippen LogP contribution in [0.4, 0.5) is 10.2 Å². The second kappa shape index (κ2) is 5.31. The topological polar surface area (TPSA) is 37.8 Å². The number of rotatable bonds is 3. The number of halogens is 2. The van der Waals surface area contributed by atoms with Gasteiger partial charge in [0.1, 0.15) is 17.5 Å². The van der Waals surface area contributed by atoms with Crippen molar-refractivity contribution < 1.29 is 4.39 Å². The van der Waals surface area contributed by atoms with Gasteiger partial charge < -0.3 is 5.32 Å². The van der Waals surface area contributed by atoms with E-state index in [9.17, 15) is 4.39 Å². The van der Waals surface area contributed by atoms with Crippen LogP contribution in [-0.4, -0.2) is 17.0 Å². The molecule has 1 N–H and O–H groups in total. The highest BCUT2D eigenvalue weighted by atomic mass is 35.5. The maximum atomic E-state index is 13.8. The first-order valence-electron chi connectivity index (χ1n) is 5.65. The molecule has 0 atom stereocenters. The Bertz CT molecular complexity index is 550. The quantitative estimate of drug-likeness (QED) is 0.922. The van der Waals surface area contributed by atoms with Crippen molar-refractivity contribution >= 4 is 17.4 Å². The Labute approximate surface area is 110 Å². The molecule has 0 radical (unpaired) electrons. The number of aryl methyl sites for hydroxylation is 1. The largest absolute Gasteiger partial charge is 0.373 e. The van der Waals surface area contributed by atoms with Gasteiger partial charge >= 0.3 is 0 Å². The summed E-state index contributed by atoms with van der Waals surface area (Å²) < 4.78 is 13.8. The van der Waals surface area contributed by atoms with Crippen molar-refractivity contribution in [2.75, 3.05) is 12.4 Å². The Kier molecular flexibility index (Phi) is 3.77. The fourth-order valence-corrected chi connectivity index (χ4v) is 1.78. The first-order valence-corrected chi connectivity index (χ1v) is 6.03. The van der Waals surface area contributed by atoms with E-state index >= 15 is 0 Å². The number of anilines is 1. The van der Waals surface area contributed by atoms with E-state index in [1.807, 2.05) is 6.92 Å². The van der Waals surface area contributed by atoms with Gasteiger partial charge in [0.2, 0.25) is 0 Å². The molecular weight excluding hydrogens is 253 g/mol. The van der Waals surface area contributed by atoms with Crippen LogP contribution in [-0.2, 0) is 6.42 Å². The standard InChI is InChI=1S/C13H13ClFN3/c1-3-12-17-11(7-13(16-2)18-12)9-5-4-8(14)6-10(9)15/h4-7H,3H2,1-2H3,(H,16,17,18). The molecule has 1 aromatic carbocycles. The summed E-state index contributed by atoms with van der Waals surface area (Å²) in [6, 6.07) is 6.26.